The van der Waals surface area contributed by atoms with Gasteiger partial charge >= 0.3 is 0 Å². The summed E-state index contributed by atoms with van der Waals surface area (Å²) >= 11 is 0. The van der Waals surface area contributed by atoms with Gasteiger partial charge < -0.3 is 21.3 Å². The topological polar surface area (TPSA) is 48.1 Å². The van der Waals surface area contributed by atoms with E-state index in [0.717, 1.165) is 26.2 Å². The number of rotatable bonds is 2. The maximum Gasteiger partial charge on any atom is 0.0626 e. The quantitative estimate of drug-likeness (QED) is 0.480. The zero-order chi connectivity index (χ0) is 9.80. The third-order valence-corrected chi connectivity index (χ3v) is 3.22. The molecule has 0 aromatic carbocycles. The zero-order valence-corrected chi connectivity index (χ0v) is 8.97. The van der Waals surface area contributed by atoms with Crippen LogP contribution in [0.15, 0.2) is 0 Å². The van der Waals surface area contributed by atoms with Crippen molar-refractivity contribution in [3.63, 3.8) is 0 Å². The van der Waals surface area contributed by atoms with Crippen LogP contribution in [0.25, 0.3) is 0 Å². The van der Waals surface area contributed by atoms with Gasteiger partial charge in [-0.05, 0) is 39.0 Å². The predicted octanol–water partition coefficient (Wildman–Crippen LogP) is -0.559. The molecule has 2 aliphatic heterocycles. The van der Waals surface area contributed by atoms with Crippen LogP contribution in [-0.4, -0.2) is 38.5 Å². The number of hydrogen-bond acceptors (Lipinski definition) is 4. The summed E-state index contributed by atoms with van der Waals surface area (Å²) in [5.74, 6) is 0.593. The summed E-state index contributed by atoms with van der Waals surface area (Å²) in [6, 6.07) is 0. The van der Waals surface area contributed by atoms with E-state index in [1.165, 1.54) is 12.8 Å². The van der Waals surface area contributed by atoms with Crippen LogP contribution in [0.3, 0.4) is 0 Å². The molecule has 4 N–H and O–H groups in total. The number of nitrogens with one attached hydrogen (secondary N) is 4. The Kier molecular flexibility index (Phi) is 3.75. The molecule has 0 atom stereocenters. The lowest BCUT2D eigenvalue weighted by molar-refractivity contribution is 0.192. The minimum Gasteiger partial charge on any atom is -0.302 e. The van der Waals surface area contributed by atoms with Gasteiger partial charge in [-0.15, -0.1) is 0 Å². The van der Waals surface area contributed by atoms with Crippen LogP contribution >= 0.6 is 0 Å². The first-order valence-corrected chi connectivity index (χ1v) is 5.81. The molecule has 2 rings (SSSR count). The molecule has 4 heteroatoms. The Balaban J connectivity index is 1.82. The van der Waals surface area contributed by atoms with Crippen LogP contribution < -0.4 is 21.3 Å². The molecule has 2 aliphatic rings. The van der Waals surface area contributed by atoms with Gasteiger partial charge in [-0.3, -0.25) is 0 Å². The summed E-state index contributed by atoms with van der Waals surface area (Å²) in [5.41, 5.74) is 0. The average Bonchev–Trinajstić information content (AvgIpc) is 2.30. The molecule has 0 radical (unpaired) electrons. The summed E-state index contributed by atoms with van der Waals surface area (Å²) in [6.45, 7) is 6.89. The molecule has 0 spiro atoms. The Morgan fingerprint density at radius 3 is 1.50 bits per heavy atom. The van der Waals surface area contributed by atoms with Gasteiger partial charge in [-0.25, -0.2) is 0 Å². The summed E-state index contributed by atoms with van der Waals surface area (Å²) in [4.78, 5) is 0. The Bertz CT molecular complexity index is 144. The van der Waals surface area contributed by atoms with Crippen LogP contribution in [0.2, 0.25) is 0 Å². The highest BCUT2D eigenvalue weighted by Crippen LogP contribution is 2.09. The molecular weight excluding hydrogens is 176 g/mol. The first-order chi connectivity index (χ1) is 6.88. The van der Waals surface area contributed by atoms with Gasteiger partial charge in [0.15, 0.2) is 0 Å². The van der Waals surface area contributed by atoms with Crippen molar-refractivity contribution in [3.8, 4) is 0 Å². The van der Waals surface area contributed by atoms with Crippen molar-refractivity contribution in [2.45, 2.75) is 32.1 Å². The lowest BCUT2D eigenvalue weighted by Gasteiger charge is -2.37. The maximum absolute atomic E-state index is 3.53. The highest BCUT2D eigenvalue weighted by molar-refractivity contribution is 4.84. The third kappa shape index (κ3) is 2.45. The minimum atomic E-state index is 0.465. The molecule has 0 aromatic rings. The predicted molar refractivity (Wildman–Crippen MR) is 58.0 cm³/mol. The first kappa shape index (κ1) is 10.4. The molecular formula is C10H22N4. The van der Waals surface area contributed by atoms with Crippen LogP contribution in [0.1, 0.15) is 19.8 Å². The minimum absolute atomic E-state index is 0.465. The van der Waals surface area contributed by atoms with E-state index in [4.69, 9.17) is 0 Å². The van der Waals surface area contributed by atoms with Crippen LogP contribution in [-0.2, 0) is 0 Å². The summed E-state index contributed by atoms with van der Waals surface area (Å²) in [5, 5.41) is 14.1. The molecule has 4 nitrogen and oxygen atoms in total. The van der Waals surface area contributed by atoms with E-state index in [0.29, 0.717) is 18.2 Å². The van der Waals surface area contributed by atoms with E-state index in [1.807, 2.05) is 0 Å². The van der Waals surface area contributed by atoms with E-state index in [-0.39, 0.29) is 0 Å². The van der Waals surface area contributed by atoms with E-state index in [9.17, 15) is 0 Å². The molecule has 14 heavy (non-hydrogen) atoms. The standard InChI is InChI=1S/C10H22N4/c1-8(9-11-4-2-5-12-9)10-13-6-3-7-14-10/h8-14H,2-7H2,1H3. The second kappa shape index (κ2) is 5.07. The van der Waals surface area contributed by atoms with Gasteiger partial charge in [-0.2, -0.15) is 0 Å². The van der Waals surface area contributed by atoms with Gasteiger partial charge in [0.1, 0.15) is 0 Å². The number of hydrogen-bond donors (Lipinski definition) is 4. The van der Waals surface area contributed by atoms with Gasteiger partial charge in [0.2, 0.25) is 0 Å². The van der Waals surface area contributed by atoms with Gasteiger partial charge in [0.25, 0.3) is 0 Å². The third-order valence-electron chi connectivity index (χ3n) is 3.22. The highest BCUT2D eigenvalue weighted by atomic mass is 15.2. The Labute approximate surface area is 86.2 Å². The molecule has 2 fully saturated rings. The van der Waals surface area contributed by atoms with E-state index in [2.05, 4.69) is 28.2 Å². The molecule has 0 saturated carbocycles. The van der Waals surface area contributed by atoms with Gasteiger partial charge in [0.05, 0.1) is 12.3 Å². The fourth-order valence-electron chi connectivity index (χ4n) is 2.29. The molecule has 2 heterocycles. The second-order valence-electron chi connectivity index (χ2n) is 4.34. The molecule has 0 aliphatic carbocycles. The fraction of sp³-hybridized carbons (Fsp3) is 1.00. The van der Waals surface area contributed by atoms with Gasteiger partial charge in [0, 0.05) is 5.92 Å². The molecule has 82 valence electrons. The van der Waals surface area contributed by atoms with Crippen molar-refractivity contribution in [3.05, 3.63) is 0 Å². The molecule has 2 saturated heterocycles. The monoisotopic (exact) mass is 198 g/mol. The normalized spacial score (nSPS) is 27.0. The lowest BCUT2D eigenvalue weighted by Crippen LogP contribution is -2.61. The molecule has 0 bridgehead atoms. The van der Waals surface area contributed by atoms with Crippen molar-refractivity contribution >= 4 is 0 Å². The second-order valence-corrected chi connectivity index (χ2v) is 4.34. The summed E-state index contributed by atoms with van der Waals surface area (Å²) in [7, 11) is 0. The maximum atomic E-state index is 3.53. The zero-order valence-electron chi connectivity index (χ0n) is 8.97. The summed E-state index contributed by atoms with van der Waals surface area (Å²) in [6.07, 6.45) is 3.42. The van der Waals surface area contributed by atoms with Crippen LogP contribution in [0.4, 0.5) is 0 Å². The van der Waals surface area contributed by atoms with E-state index >= 15 is 0 Å². The fourth-order valence-corrected chi connectivity index (χ4v) is 2.29. The molecule has 0 aromatic heterocycles. The largest absolute Gasteiger partial charge is 0.302 e. The Morgan fingerprint density at radius 2 is 1.14 bits per heavy atom. The van der Waals surface area contributed by atoms with Crippen molar-refractivity contribution in [2.75, 3.05) is 26.2 Å². The van der Waals surface area contributed by atoms with E-state index in [1.54, 1.807) is 0 Å². The Morgan fingerprint density at radius 1 is 0.786 bits per heavy atom. The smallest absolute Gasteiger partial charge is 0.0626 e. The highest BCUT2D eigenvalue weighted by Gasteiger charge is 2.27. The first-order valence-electron chi connectivity index (χ1n) is 5.81. The van der Waals surface area contributed by atoms with E-state index < -0.39 is 0 Å². The lowest BCUT2D eigenvalue weighted by atomic mass is 10.0. The SMILES string of the molecule is CC(C1NCCCN1)C1NCCCN1. The van der Waals surface area contributed by atoms with Crippen LogP contribution in [0, 0.1) is 5.92 Å². The molecule has 0 amide bonds. The van der Waals surface area contributed by atoms with Crippen LogP contribution in [0.5, 0.6) is 0 Å². The van der Waals surface area contributed by atoms with Crippen molar-refractivity contribution < 1.29 is 0 Å². The van der Waals surface area contributed by atoms with Crippen molar-refractivity contribution in [1.29, 1.82) is 0 Å². The molecule has 0 unspecified atom stereocenters. The summed E-state index contributed by atoms with van der Waals surface area (Å²) < 4.78 is 0. The van der Waals surface area contributed by atoms with Gasteiger partial charge in [-0.1, -0.05) is 6.92 Å². The average molecular weight is 198 g/mol. The van der Waals surface area contributed by atoms with Crippen molar-refractivity contribution in [2.24, 2.45) is 5.92 Å². The Hall–Kier alpha value is -0.160. The van der Waals surface area contributed by atoms with Crippen molar-refractivity contribution in [1.82, 2.24) is 21.3 Å².